The molecule has 1 aromatic rings. The molecule has 0 radical (unpaired) electrons. The highest BCUT2D eigenvalue weighted by Crippen LogP contribution is 2.11. The second-order valence-corrected chi connectivity index (χ2v) is 4.22. The first-order valence-electron chi connectivity index (χ1n) is 4.88. The molecule has 2 N–H and O–H groups in total. The highest BCUT2D eigenvalue weighted by atomic mass is 16.5. The van der Waals surface area contributed by atoms with Crippen LogP contribution < -0.4 is 16.0 Å². The SMILES string of the molecule is CC(C)(C)n1ccnc(OCCN)c1=O. The van der Waals surface area contributed by atoms with Gasteiger partial charge in [-0.05, 0) is 20.8 Å². The van der Waals surface area contributed by atoms with E-state index >= 15 is 0 Å². The Morgan fingerprint density at radius 2 is 2.20 bits per heavy atom. The maximum absolute atomic E-state index is 11.9. The molecule has 0 unspecified atom stereocenters. The van der Waals surface area contributed by atoms with Crippen LogP contribution in [0.15, 0.2) is 17.2 Å². The number of hydrogen-bond acceptors (Lipinski definition) is 4. The van der Waals surface area contributed by atoms with E-state index in [0.29, 0.717) is 13.2 Å². The van der Waals surface area contributed by atoms with Crippen LogP contribution in [0.2, 0.25) is 0 Å². The van der Waals surface area contributed by atoms with E-state index in [1.165, 1.54) is 0 Å². The maximum atomic E-state index is 11.9. The first kappa shape index (κ1) is 11.7. The lowest BCUT2D eigenvalue weighted by molar-refractivity contribution is 0.295. The van der Waals surface area contributed by atoms with Crippen LogP contribution in [0.4, 0.5) is 0 Å². The van der Waals surface area contributed by atoms with Gasteiger partial charge < -0.3 is 15.0 Å². The maximum Gasteiger partial charge on any atom is 0.313 e. The van der Waals surface area contributed by atoms with E-state index in [1.807, 2.05) is 20.8 Å². The third kappa shape index (κ3) is 2.79. The second-order valence-electron chi connectivity index (χ2n) is 4.22. The van der Waals surface area contributed by atoms with Crippen molar-refractivity contribution in [3.8, 4) is 5.88 Å². The van der Waals surface area contributed by atoms with Gasteiger partial charge in [0.1, 0.15) is 6.61 Å². The third-order valence-corrected chi connectivity index (χ3v) is 1.89. The molecule has 0 spiro atoms. The minimum Gasteiger partial charge on any atom is -0.472 e. The first-order valence-corrected chi connectivity index (χ1v) is 4.88. The van der Waals surface area contributed by atoms with E-state index in [0.717, 1.165) is 0 Å². The van der Waals surface area contributed by atoms with E-state index in [9.17, 15) is 4.79 Å². The van der Waals surface area contributed by atoms with Gasteiger partial charge in [-0.25, -0.2) is 4.98 Å². The van der Waals surface area contributed by atoms with Crippen LogP contribution in [0.5, 0.6) is 5.88 Å². The largest absolute Gasteiger partial charge is 0.472 e. The van der Waals surface area contributed by atoms with Crippen molar-refractivity contribution in [1.82, 2.24) is 9.55 Å². The van der Waals surface area contributed by atoms with Gasteiger partial charge in [-0.1, -0.05) is 0 Å². The average Bonchev–Trinajstić information content (AvgIpc) is 2.14. The van der Waals surface area contributed by atoms with Gasteiger partial charge in [0.2, 0.25) is 0 Å². The van der Waals surface area contributed by atoms with Crippen LogP contribution in [-0.2, 0) is 5.54 Å². The van der Waals surface area contributed by atoms with E-state index in [4.69, 9.17) is 10.5 Å². The highest BCUT2D eigenvalue weighted by molar-refractivity contribution is 5.06. The van der Waals surface area contributed by atoms with Gasteiger partial charge in [0.15, 0.2) is 0 Å². The van der Waals surface area contributed by atoms with Crippen LogP contribution >= 0.6 is 0 Å². The van der Waals surface area contributed by atoms with Crippen molar-refractivity contribution in [2.75, 3.05) is 13.2 Å². The number of nitrogens with zero attached hydrogens (tertiary/aromatic N) is 2. The third-order valence-electron chi connectivity index (χ3n) is 1.89. The van der Waals surface area contributed by atoms with Crippen LogP contribution in [0, 0.1) is 0 Å². The molecular formula is C10H17N3O2. The van der Waals surface area contributed by atoms with Crippen molar-refractivity contribution >= 4 is 0 Å². The Labute approximate surface area is 88.9 Å². The minimum atomic E-state index is -0.277. The summed E-state index contributed by atoms with van der Waals surface area (Å²) in [6, 6.07) is 0. The monoisotopic (exact) mass is 211 g/mol. The molecule has 0 aliphatic rings. The summed E-state index contributed by atoms with van der Waals surface area (Å²) in [6.07, 6.45) is 3.20. The topological polar surface area (TPSA) is 70.1 Å². The first-order chi connectivity index (χ1) is 6.96. The Balaban J connectivity index is 3.07. The molecule has 15 heavy (non-hydrogen) atoms. The molecule has 0 saturated heterocycles. The quantitative estimate of drug-likeness (QED) is 0.782. The minimum absolute atomic E-state index is 0.109. The van der Waals surface area contributed by atoms with Crippen molar-refractivity contribution in [1.29, 1.82) is 0 Å². The molecule has 0 aliphatic carbocycles. The fourth-order valence-corrected chi connectivity index (χ4v) is 1.18. The Bertz CT molecular complexity index is 379. The van der Waals surface area contributed by atoms with Crippen molar-refractivity contribution in [2.24, 2.45) is 5.73 Å². The number of rotatable bonds is 3. The van der Waals surface area contributed by atoms with Gasteiger partial charge in [0, 0.05) is 24.5 Å². The normalized spacial score (nSPS) is 11.5. The summed E-state index contributed by atoms with van der Waals surface area (Å²) in [7, 11) is 0. The fourth-order valence-electron chi connectivity index (χ4n) is 1.18. The summed E-state index contributed by atoms with van der Waals surface area (Å²) in [4.78, 5) is 15.7. The van der Waals surface area contributed by atoms with Crippen molar-refractivity contribution in [3.05, 3.63) is 22.7 Å². The highest BCUT2D eigenvalue weighted by Gasteiger charge is 2.16. The molecule has 0 saturated carbocycles. The van der Waals surface area contributed by atoms with Crippen LogP contribution in [0.3, 0.4) is 0 Å². The van der Waals surface area contributed by atoms with Gasteiger partial charge in [-0.2, -0.15) is 0 Å². The second kappa shape index (κ2) is 4.44. The molecule has 0 bridgehead atoms. The number of nitrogens with two attached hydrogens (primary N) is 1. The van der Waals surface area contributed by atoms with Gasteiger partial charge >= 0.3 is 5.56 Å². The molecule has 1 rings (SSSR count). The number of hydrogen-bond donors (Lipinski definition) is 1. The summed E-state index contributed by atoms with van der Waals surface area (Å²) in [5, 5.41) is 0. The van der Waals surface area contributed by atoms with Crippen molar-refractivity contribution in [3.63, 3.8) is 0 Å². The summed E-state index contributed by atoms with van der Waals surface area (Å²) in [6.45, 7) is 6.51. The van der Waals surface area contributed by atoms with E-state index < -0.39 is 0 Å². The van der Waals surface area contributed by atoms with E-state index in [2.05, 4.69) is 4.98 Å². The standard InChI is InChI=1S/C10H17N3O2/c1-10(2,3)13-6-5-12-8(9(13)14)15-7-4-11/h5-6H,4,7,11H2,1-3H3. The molecule has 5 heteroatoms. The Morgan fingerprint density at radius 3 is 2.73 bits per heavy atom. The molecule has 0 fully saturated rings. The Kier molecular flexibility index (Phi) is 3.47. The zero-order valence-corrected chi connectivity index (χ0v) is 9.36. The Hall–Kier alpha value is -1.36. The zero-order valence-electron chi connectivity index (χ0n) is 9.36. The van der Waals surface area contributed by atoms with Crippen molar-refractivity contribution in [2.45, 2.75) is 26.3 Å². The fraction of sp³-hybridized carbons (Fsp3) is 0.600. The molecule has 0 atom stereocenters. The summed E-state index contributed by atoms with van der Waals surface area (Å²) >= 11 is 0. The molecular weight excluding hydrogens is 194 g/mol. The predicted octanol–water partition coefficient (Wildman–Crippen LogP) is 0.336. The lowest BCUT2D eigenvalue weighted by atomic mass is 10.1. The molecule has 0 amide bonds. The Morgan fingerprint density at radius 1 is 1.53 bits per heavy atom. The molecule has 1 heterocycles. The smallest absolute Gasteiger partial charge is 0.313 e. The molecule has 5 nitrogen and oxygen atoms in total. The predicted molar refractivity (Wildman–Crippen MR) is 58.0 cm³/mol. The number of ether oxygens (including phenoxy) is 1. The zero-order chi connectivity index (χ0) is 11.5. The van der Waals surface area contributed by atoms with Gasteiger partial charge in [0.05, 0.1) is 0 Å². The number of aromatic nitrogens is 2. The summed E-state index contributed by atoms with van der Waals surface area (Å²) < 4.78 is 6.74. The van der Waals surface area contributed by atoms with Gasteiger partial charge in [-0.3, -0.25) is 4.79 Å². The molecule has 1 aromatic heterocycles. The van der Waals surface area contributed by atoms with E-state index in [-0.39, 0.29) is 17.0 Å². The lowest BCUT2D eigenvalue weighted by Crippen LogP contribution is -2.34. The molecule has 0 aliphatic heterocycles. The summed E-state index contributed by atoms with van der Waals surface area (Å²) in [5.74, 6) is 0.109. The lowest BCUT2D eigenvalue weighted by Gasteiger charge is -2.22. The van der Waals surface area contributed by atoms with Gasteiger partial charge in [0.25, 0.3) is 5.88 Å². The van der Waals surface area contributed by atoms with Crippen LogP contribution in [0.1, 0.15) is 20.8 Å². The van der Waals surface area contributed by atoms with Crippen LogP contribution in [-0.4, -0.2) is 22.7 Å². The van der Waals surface area contributed by atoms with Crippen molar-refractivity contribution < 1.29 is 4.74 Å². The average molecular weight is 211 g/mol. The van der Waals surface area contributed by atoms with E-state index in [1.54, 1.807) is 17.0 Å². The van der Waals surface area contributed by atoms with Crippen LogP contribution in [0.25, 0.3) is 0 Å². The molecule has 0 aromatic carbocycles. The van der Waals surface area contributed by atoms with Gasteiger partial charge in [-0.15, -0.1) is 0 Å². The molecule has 84 valence electrons. The summed E-state index contributed by atoms with van der Waals surface area (Å²) in [5.41, 5.74) is 4.79.